The molecule has 1 aliphatic heterocycles. The predicted octanol–water partition coefficient (Wildman–Crippen LogP) is 1.23. The first-order chi connectivity index (χ1) is 4.74. The van der Waals surface area contributed by atoms with Crippen LogP contribution in [0.3, 0.4) is 0 Å². The number of carbonyl (C=O) groups is 1. The Morgan fingerprint density at radius 1 is 1.80 bits per heavy atom. The molecule has 58 valence electrons. The molecular formula is C6H10ClNO2. The Labute approximate surface area is 64.6 Å². The summed E-state index contributed by atoms with van der Waals surface area (Å²) in [5, 5.41) is 8.51. The topological polar surface area (TPSA) is 40.5 Å². The van der Waals surface area contributed by atoms with Gasteiger partial charge in [0, 0.05) is 19.0 Å². The first-order valence-electron chi connectivity index (χ1n) is 3.28. The Balaban J connectivity index is 2.35. The van der Waals surface area contributed by atoms with E-state index in [-0.39, 0.29) is 0 Å². The van der Waals surface area contributed by atoms with Gasteiger partial charge in [0.25, 0.3) is 0 Å². The third kappa shape index (κ3) is 1.53. The van der Waals surface area contributed by atoms with E-state index in [1.165, 1.54) is 4.90 Å². The molecule has 1 heterocycles. The minimum absolute atomic E-state index is 0.373. The second-order valence-electron chi connectivity index (χ2n) is 2.54. The Morgan fingerprint density at radius 3 is 2.80 bits per heavy atom. The van der Waals surface area contributed by atoms with E-state index in [1.54, 1.807) is 0 Å². The summed E-state index contributed by atoms with van der Waals surface area (Å²) >= 11 is 5.56. The van der Waals surface area contributed by atoms with Gasteiger partial charge in [0.15, 0.2) is 0 Å². The highest BCUT2D eigenvalue weighted by Gasteiger charge is 2.24. The molecular weight excluding hydrogens is 154 g/mol. The number of amides is 1. The van der Waals surface area contributed by atoms with Crippen LogP contribution in [0.2, 0.25) is 0 Å². The highest BCUT2D eigenvalue weighted by atomic mass is 35.5. The Hall–Kier alpha value is -0.440. The number of halogens is 1. The monoisotopic (exact) mass is 163 g/mol. The number of rotatable bonds is 1. The largest absolute Gasteiger partial charge is 0.465 e. The quantitative estimate of drug-likeness (QED) is 0.591. The third-order valence-corrected chi connectivity index (χ3v) is 2.21. The fraction of sp³-hybridized carbons (Fsp3) is 0.833. The molecule has 10 heavy (non-hydrogen) atoms. The van der Waals surface area contributed by atoms with Gasteiger partial charge in [-0.25, -0.2) is 4.79 Å². The van der Waals surface area contributed by atoms with Gasteiger partial charge in [-0.2, -0.15) is 0 Å². The van der Waals surface area contributed by atoms with Crippen LogP contribution in [0.1, 0.15) is 6.42 Å². The van der Waals surface area contributed by atoms with Crippen LogP contribution in [0.5, 0.6) is 0 Å². The summed E-state index contributed by atoms with van der Waals surface area (Å²) in [5.41, 5.74) is 0. The summed E-state index contributed by atoms with van der Waals surface area (Å²) in [5.74, 6) is 0.946. The Kier molecular flexibility index (Phi) is 2.38. The van der Waals surface area contributed by atoms with Gasteiger partial charge in [-0.1, -0.05) is 0 Å². The number of hydrogen-bond acceptors (Lipinski definition) is 1. The van der Waals surface area contributed by atoms with Gasteiger partial charge >= 0.3 is 6.09 Å². The molecule has 0 radical (unpaired) electrons. The maximum Gasteiger partial charge on any atom is 0.407 e. The summed E-state index contributed by atoms with van der Waals surface area (Å²) in [7, 11) is 0. The Morgan fingerprint density at radius 2 is 2.50 bits per heavy atom. The lowest BCUT2D eigenvalue weighted by molar-refractivity contribution is 0.154. The van der Waals surface area contributed by atoms with Gasteiger partial charge in [-0.3, -0.25) is 0 Å². The van der Waals surface area contributed by atoms with Crippen molar-refractivity contribution in [2.45, 2.75) is 6.42 Å². The fourth-order valence-electron chi connectivity index (χ4n) is 1.13. The van der Waals surface area contributed by atoms with Gasteiger partial charge in [0.1, 0.15) is 0 Å². The van der Waals surface area contributed by atoms with Crippen LogP contribution in [0.4, 0.5) is 4.79 Å². The van der Waals surface area contributed by atoms with E-state index >= 15 is 0 Å². The Bertz CT molecular complexity index is 140. The zero-order chi connectivity index (χ0) is 7.56. The molecule has 0 bridgehead atoms. The van der Waals surface area contributed by atoms with Crippen LogP contribution in [0, 0.1) is 5.92 Å². The molecule has 1 atom stereocenters. The second-order valence-corrected chi connectivity index (χ2v) is 2.85. The predicted molar refractivity (Wildman–Crippen MR) is 38.4 cm³/mol. The van der Waals surface area contributed by atoms with Crippen molar-refractivity contribution in [1.29, 1.82) is 0 Å². The van der Waals surface area contributed by atoms with Gasteiger partial charge in [0.05, 0.1) is 0 Å². The summed E-state index contributed by atoms with van der Waals surface area (Å²) in [4.78, 5) is 11.8. The molecule has 1 fully saturated rings. The smallest absolute Gasteiger partial charge is 0.407 e. The molecule has 0 aromatic heterocycles. The summed E-state index contributed by atoms with van der Waals surface area (Å²) < 4.78 is 0. The first kappa shape index (κ1) is 7.66. The molecule has 1 saturated heterocycles. The maximum absolute atomic E-state index is 10.3. The minimum atomic E-state index is -0.826. The summed E-state index contributed by atoms with van der Waals surface area (Å²) in [6, 6.07) is 0. The van der Waals surface area contributed by atoms with Gasteiger partial charge in [0.2, 0.25) is 0 Å². The van der Waals surface area contributed by atoms with E-state index in [9.17, 15) is 4.79 Å². The van der Waals surface area contributed by atoms with Crippen LogP contribution >= 0.6 is 11.6 Å². The van der Waals surface area contributed by atoms with Gasteiger partial charge in [-0.05, 0) is 12.3 Å². The zero-order valence-electron chi connectivity index (χ0n) is 5.59. The molecule has 1 N–H and O–H groups in total. The lowest BCUT2D eigenvalue weighted by Gasteiger charge is -2.09. The van der Waals surface area contributed by atoms with E-state index in [2.05, 4.69) is 0 Å². The van der Waals surface area contributed by atoms with Crippen LogP contribution in [0.25, 0.3) is 0 Å². The van der Waals surface area contributed by atoms with E-state index in [0.29, 0.717) is 24.9 Å². The molecule has 1 amide bonds. The van der Waals surface area contributed by atoms with Crippen LogP contribution in [-0.2, 0) is 0 Å². The van der Waals surface area contributed by atoms with Crippen LogP contribution < -0.4 is 0 Å². The number of hydrogen-bond donors (Lipinski definition) is 1. The average molecular weight is 164 g/mol. The van der Waals surface area contributed by atoms with Crippen molar-refractivity contribution in [2.24, 2.45) is 5.92 Å². The van der Waals surface area contributed by atoms with Crippen LogP contribution in [-0.4, -0.2) is 35.1 Å². The van der Waals surface area contributed by atoms with E-state index in [4.69, 9.17) is 16.7 Å². The standard InChI is InChI=1S/C6H10ClNO2/c7-3-5-1-2-8(4-5)6(9)10/h5H,1-4H2,(H,9,10). The van der Waals surface area contributed by atoms with Crippen molar-refractivity contribution in [1.82, 2.24) is 4.90 Å². The molecule has 1 unspecified atom stereocenters. The second kappa shape index (κ2) is 3.10. The third-order valence-electron chi connectivity index (χ3n) is 1.77. The average Bonchev–Trinajstić information content (AvgIpc) is 2.34. The molecule has 0 aliphatic carbocycles. The fourth-order valence-corrected chi connectivity index (χ4v) is 1.38. The molecule has 0 spiro atoms. The first-order valence-corrected chi connectivity index (χ1v) is 3.81. The number of carboxylic acid groups (broad SMARTS) is 1. The molecule has 4 heteroatoms. The maximum atomic E-state index is 10.3. The molecule has 0 aromatic rings. The van der Waals surface area contributed by atoms with E-state index in [0.717, 1.165) is 6.42 Å². The van der Waals surface area contributed by atoms with Crippen molar-refractivity contribution >= 4 is 17.7 Å². The van der Waals surface area contributed by atoms with Crippen molar-refractivity contribution in [2.75, 3.05) is 19.0 Å². The molecule has 1 rings (SSSR count). The highest BCUT2D eigenvalue weighted by molar-refractivity contribution is 6.18. The molecule has 1 aliphatic rings. The van der Waals surface area contributed by atoms with E-state index < -0.39 is 6.09 Å². The van der Waals surface area contributed by atoms with Crippen LogP contribution in [0.15, 0.2) is 0 Å². The van der Waals surface area contributed by atoms with Crippen molar-refractivity contribution in [3.8, 4) is 0 Å². The summed E-state index contributed by atoms with van der Waals surface area (Å²) in [6.07, 6.45) is 0.0862. The normalized spacial score (nSPS) is 25.3. The van der Waals surface area contributed by atoms with Crippen molar-refractivity contribution < 1.29 is 9.90 Å². The SMILES string of the molecule is O=C(O)N1CCC(CCl)C1. The van der Waals surface area contributed by atoms with Crippen molar-refractivity contribution in [3.63, 3.8) is 0 Å². The van der Waals surface area contributed by atoms with Crippen molar-refractivity contribution in [3.05, 3.63) is 0 Å². The zero-order valence-corrected chi connectivity index (χ0v) is 6.34. The highest BCUT2D eigenvalue weighted by Crippen LogP contribution is 2.16. The lowest BCUT2D eigenvalue weighted by Crippen LogP contribution is -2.26. The van der Waals surface area contributed by atoms with E-state index in [1.807, 2.05) is 0 Å². The van der Waals surface area contributed by atoms with Gasteiger partial charge < -0.3 is 10.0 Å². The molecule has 0 saturated carbocycles. The number of likely N-dealkylation sites (tertiary alicyclic amines) is 1. The number of alkyl halides is 1. The molecule has 3 nitrogen and oxygen atoms in total. The molecule has 0 aromatic carbocycles. The lowest BCUT2D eigenvalue weighted by atomic mass is 10.2. The minimum Gasteiger partial charge on any atom is -0.465 e. The van der Waals surface area contributed by atoms with Gasteiger partial charge in [-0.15, -0.1) is 11.6 Å². The summed E-state index contributed by atoms with van der Waals surface area (Å²) in [6.45, 7) is 1.26. The number of nitrogens with zero attached hydrogens (tertiary/aromatic N) is 1.